The normalized spacial score (nSPS) is 15.7. The smallest absolute Gasteiger partial charge is 0.291 e. The highest BCUT2D eigenvalue weighted by Gasteiger charge is 2.31. The van der Waals surface area contributed by atoms with Gasteiger partial charge in [-0.15, -0.1) is 0 Å². The highest BCUT2D eigenvalue weighted by atomic mass is 16.5. The van der Waals surface area contributed by atoms with Crippen LogP contribution in [0.2, 0.25) is 0 Å². The topological polar surface area (TPSA) is 71.8 Å². The molecule has 28 heavy (non-hydrogen) atoms. The standard InChI is InChI=1S/C22H20N2O4/c1-15-22(26)24(12-11-16-6-3-2-4-7-16)18-14-17(9-10-19(18)28-15)23-21(25)20-8-5-13-27-20/h2-10,13-15H,11-12H2,1H3,(H,23,25). The summed E-state index contributed by atoms with van der Waals surface area (Å²) in [5.41, 5.74) is 2.37. The molecule has 142 valence electrons. The van der Waals surface area contributed by atoms with Gasteiger partial charge in [-0.2, -0.15) is 0 Å². The summed E-state index contributed by atoms with van der Waals surface area (Å²) in [6, 6.07) is 18.5. The summed E-state index contributed by atoms with van der Waals surface area (Å²) >= 11 is 0. The van der Waals surface area contributed by atoms with Crippen LogP contribution in [0.1, 0.15) is 23.0 Å². The third kappa shape index (κ3) is 3.62. The lowest BCUT2D eigenvalue weighted by atomic mass is 10.1. The van der Waals surface area contributed by atoms with Gasteiger partial charge in [0, 0.05) is 12.2 Å². The SMILES string of the molecule is CC1Oc2ccc(NC(=O)c3ccco3)cc2N(CCc2ccccc2)C1=O. The number of rotatable bonds is 5. The van der Waals surface area contributed by atoms with Crippen LogP contribution in [0.3, 0.4) is 0 Å². The van der Waals surface area contributed by atoms with Gasteiger partial charge in [0.25, 0.3) is 11.8 Å². The van der Waals surface area contributed by atoms with Gasteiger partial charge < -0.3 is 19.4 Å². The number of nitrogens with zero attached hydrogens (tertiary/aromatic N) is 1. The Hall–Kier alpha value is -3.54. The van der Waals surface area contributed by atoms with Crippen molar-refractivity contribution in [2.75, 3.05) is 16.8 Å². The average Bonchev–Trinajstić information content (AvgIpc) is 3.25. The van der Waals surface area contributed by atoms with Gasteiger partial charge in [-0.05, 0) is 49.2 Å². The Morgan fingerprint density at radius 3 is 2.68 bits per heavy atom. The minimum Gasteiger partial charge on any atom is -0.479 e. The van der Waals surface area contributed by atoms with Crippen molar-refractivity contribution in [1.82, 2.24) is 0 Å². The lowest BCUT2D eigenvalue weighted by Gasteiger charge is -2.33. The molecule has 0 fully saturated rings. The zero-order valence-electron chi connectivity index (χ0n) is 15.4. The number of fused-ring (bicyclic) bond motifs is 1. The molecule has 2 aromatic carbocycles. The number of ether oxygens (including phenoxy) is 1. The second kappa shape index (κ2) is 7.60. The number of benzene rings is 2. The molecule has 3 aromatic rings. The van der Waals surface area contributed by atoms with Crippen molar-refractivity contribution in [2.24, 2.45) is 0 Å². The van der Waals surface area contributed by atoms with Gasteiger partial charge in [0.15, 0.2) is 11.9 Å². The van der Waals surface area contributed by atoms with E-state index in [4.69, 9.17) is 9.15 Å². The molecule has 6 nitrogen and oxygen atoms in total. The molecule has 0 bridgehead atoms. The van der Waals surface area contributed by atoms with E-state index >= 15 is 0 Å². The summed E-state index contributed by atoms with van der Waals surface area (Å²) in [6.45, 7) is 2.27. The molecular weight excluding hydrogens is 356 g/mol. The number of hydrogen-bond donors (Lipinski definition) is 1. The van der Waals surface area contributed by atoms with Crippen LogP contribution in [0.4, 0.5) is 11.4 Å². The number of carbonyl (C=O) groups excluding carboxylic acids is 2. The van der Waals surface area contributed by atoms with Gasteiger partial charge >= 0.3 is 0 Å². The molecule has 1 N–H and O–H groups in total. The van der Waals surface area contributed by atoms with Crippen LogP contribution in [-0.2, 0) is 11.2 Å². The van der Waals surface area contributed by atoms with Crippen LogP contribution in [0.5, 0.6) is 5.75 Å². The van der Waals surface area contributed by atoms with Crippen LogP contribution < -0.4 is 15.0 Å². The number of carbonyl (C=O) groups is 2. The maximum absolute atomic E-state index is 12.7. The average molecular weight is 376 g/mol. The van der Waals surface area contributed by atoms with E-state index in [-0.39, 0.29) is 17.6 Å². The molecule has 4 rings (SSSR count). The highest BCUT2D eigenvalue weighted by molar-refractivity contribution is 6.04. The summed E-state index contributed by atoms with van der Waals surface area (Å²) in [4.78, 5) is 26.7. The van der Waals surface area contributed by atoms with E-state index in [1.54, 1.807) is 42.2 Å². The molecule has 2 amide bonds. The first-order valence-corrected chi connectivity index (χ1v) is 9.12. The Kier molecular flexibility index (Phi) is 4.85. The molecule has 0 saturated heterocycles. The number of anilines is 2. The Morgan fingerprint density at radius 2 is 1.93 bits per heavy atom. The molecule has 0 saturated carbocycles. The first-order valence-electron chi connectivity index (χ1n) is 9.12. The van der Waals surface area contributed by atoms with E-state index in [2.05, 4.69) is 5.32 Å². The Morgan fingerprint density at radius 1 is 1.11 bits per heavy atom. The number of nitrogens with one attached hydrogen (secondary N) is 1. The van der Waals surface area contributed by atoms with Gasteiger partial charge in [0.1, 0.15) is 5.75 Å². The molecule has 1 aliphatic heterocycles. The summed E-state index contributed by atoms with van der Waals surface area (Å²) in [5, 5.41) is 2.79. The van der Waals surface area contributed by atoms with Gasteiger partial charge in [-0.1, -0.05) is 30.3 Å². The van der Waals surface area contributed by atoms with Crippen molar-refractivity contribution in [3.8, 4) is 5.75 Å². The zero-order chi connectivity index (χ0) is 19.5. The van der Waals surface area contributed by atoms with Crippen molar-refractivity contribution < 1.29 is 18.7 Å². The molecule has 0 spiro atoms. The Labute approximate surface area is 162 Å². The Balaban J connectivity index is 1.58. The van der Waals surface area contributed by atoms with Gasteiger partial charge in [0.05, 0.1) is 12.0 Å². The van der Waals surface area contributed by atoms with Crippen LogP contribution in [-0.4, -0.2) is 24.5 Å². The number of furan rings is 1. The lowest BCUT2D eigenvalue weighted by molar-refractivity contribution is -0.125. The molecule has 1 aliphatic rings. The van der Waals surface area contributed by atoms with E-state index in [1.165, 1.54) is 6.26 Å². The minimum atomic E-state index is -0.549. The van der Waals surface area contributed by atoms with Crippen LogP contribution >= 0.6 is 0 Å². The van der Waals surface area contributed by atoms with Gasteiger partial charge in [0.2, 0.25) is 0 Å². The predicted octanol–water partition coefficient (Wildman–Crippen LogP) is 3.89. The fraction of sp³-hybridized carbons (Fsp3) is 0.182. The van der Waals surface area contributed by atoms with Crippen molar-refractivity contribution in [1.29, 1.82) is 0 Å². The van der Waals surface area contributed by atoms with Crippen molar-refractivity contribution in [3.05, 3.63) is 78.3 Å². The highest BCUT2D eigenvalue weighted by Crippen LogP contribution is 2.36. The first-order chi connectivity index (χ1) is 13.6. The van der Waals surface area contributed by atoms with E-state index in [0.29, 0.717) is 23.7 Å². The minimum absolute atomic E-state index is 0.0991. The first kappa shape index (κ1) is 17.9. The van der Waals surface area contributed by atoms with E-state index < -0.39 is 6.10 Å². The van der Waals surface area contributed by atoms with E-state index in [9.17, 15) is 9.59 Å². The van der Waals surface area contributed by atoms with Crippen molar-refractivity contribution >= 4 is 23.2 Å². The third-order valence-corrected chi connectivity index (χ3v) is 4.64. The predicted molar refractivity (Wildman–Crippen MR) is 106 cm³/mol. The molecule has 0 aliphatic carbocycles. The van der Waals surface area contributed by atoms with E-state index in [0.717, 1.165) is 12.0 Å². The fourth-order valence-electron chi connectivity index (χ4n) is 3.20. The molecule has 1 unspecified atom stereocenters. The van der Waals surface area contributed by atoms with Crippen molar-refractivity contribution in [2.45, 2.75) is 19.4 Å². The van der Waals surface area contributed by atoms with Crippen LogP contribution in [0.25, 0.3) is 0 Å². The quantitative estimate of drug-likeness (QED) is 0.733. The van der Waals surface area contributed by atoms with Crippen molar-refractivity contribution in [3.63, 3.8) is 0 Å². The summed E-state index contributed by atoms with van der Waals surface area (Å²) in [7, 11) is 0. The fourth-order valence-corrected chi connectivity index (χ4v) is 3.20. The summed E-state index contributed by atoms with van der Waals surface area (Å²) in [6.07, 6.45) is 1.62. The third-order valence-electron chi connectivity index (χ3n) is 4.64. The maximum atomic E-state index is 12.7. The zero-order valence-corrected chi connectivity index (χ0v) is 15.4. The van der Waals surface area contributed by atoms with Crippen LogP contribution in [0.15, 0.2) is 71.3 Å². The van der Waals surface area contributed by atoms with Crippen LogP contribution in [0, 0.1) is 0 Å². The molecular formula is C22H20N2O4. The Bertz CT molecular complexity index is 983. The second-order valence-electron chi connectivity index (χ2n) is 6.60. The molecule has 1 atom stereocenters. The van der Waals surface area contributed by atoms with E-state index in [1.807, 2.05) is 30.3 Å². The van der Waals surface area contributed by atoms with Gasteiger partial charge in [-0.25, -0.2) is 0 Å². The molecule has 6 heteroatoms. The summed E-state index contributed by atoms with van der Waals surface area (Å²) < 4.78 is 10.9. The number of hydrogen-bond acceptors (Lipinski definition) is 4. The monoisotopic (exact) mass is 376 g/mol. The number of amides is 2. The van der Waals surface area contributed by atoms with Gasteiger partial charge in [-0.3, -0.25) is 9.59 Å². The molecule has 0 radical (unpaired) electrons. The molecule has 1 aromatic heterocycles. The second-order valence-corrected chi connectivity index (χ2v) is 6.60. The largest absolute Gasteiger partial charge is 0.479 e. The molecule has 2 heterocycles. The maximum Gasteiger partial charge on any atom is 0.291 e. The summed E-state index contributed by atoms with van der Waals surface area (Å²) in [5.74, 6) is 0.394. The lowest BCUT2D eigenvalue weighted by Crippen LogP contribution is -2.45.